The summed E-state index contributed by atoms with van der Waals surface area (Å²) in [7, 11) is 3.24. The van der Waals surface area contributed by atoms with Crippen LogP contribution in [0.4, 0.5) is 13.2 Å². The predicted molar refractivity (Wildman–Crippen MR) is 73.5 cm³/mol. The molecule has 23 heavy (non-hydrogen) atoms. The number of alkyl halides is 3. The zero-order valence-electron chi connectivity index (χ0n) is 12.5. The predicted octanol–water partition coefficient (Wildman–Crippen LogP) is 1.49. The summed E-state index contributed by atoms with van der Waals surface area (Å²) < 4.78 is 36.6. The molecule has 9 heteroatoms. The van der Waals surface area contributed by atoms with E-state index in [4.69, 9.17) is 14.6 Å². The first-order valence-corrected chi connectivity index (χ1v) is 6.24. The van der Waals surface area contributed by atoms with Crippen LogP contribution in [0.3, 0.4) is 0 Å². The summed E-state index contributed by atoms with van der Waals surface area (Å²) in [6.45, 7) is -0.196. The number of carboxylic acid groups (broad SMARTS) is 1. The number of benzene rings is 1. The number of carbonyl (C=O) groups excluding carboxylic acids is 2. The molecule has 1 N–H and O–H groups in total. The Kier molecular flexibility index (Phi) is 8.38. The lowest BCUT2D eigenvalue weighted by molar-refractivity contribution is -0.192. The van der Waals surface area contributed by atoms with Gasteiger partial charge in [-0.3, -0.25) is 9.59 Å². The summed E-state index contributed by atoms with van der Waals surface area (Å²) in [5, 5.41) is 7.12. The van der Waals surface area contributed by atoms with Gasteiger partial charge >= 0.3 is 18.1 Å². The topological polar surface area (TPSA) is 83.9 Å². The molecule has 0 spiro atoms. The maximum Gasteiger partial charge on any atom is 0.490 e. The van der Waals surface area contributed by atoms with E-state index in [1.165, 1.54) is 4.90 Å². The van der Waals surface area contributed by atoms with Crippen LogP contribution >= 0.6 is 0 Å². The van der Waals surface area contributed by atoms with E-state index >= 15 is 0 Å². The molecule has 1 rings (SSSR count). The third kappa shape index (κ3) is 9.88. The van der Waals surface area contributed by atoms with Crippen LogP contribution in [0, 0.1) is 0 Å². The molecule has 1 aromatic carbocycles. The highest BCUT2D eigenvalue weighted by Crippen LogP contribution is 2.13. The Morgan fingerprint density at radius 2 is 1.61 bits per heavy atom. The Morgan fingerprint density at radius 3 is 2.00 bits per heavy atom. The van der Waals surface area contributed by atoms with Crippen LogP contribution in [0.2, 0.25) is 0 Å². The second-order valence-corrected chi connectivity index (χ2v) is 4.41. The minimum Gasteiger partial charge on any atom is -0.475 e. The van der Waals surface area contributed by atoms with Gasteiger partial charge in [-0.1, -0.05) is 30.3 Å². The SMILES string of the molecule is CN(C)C(=O)COC(=O)Cc1ccccc1.O=C(O)C(F)(F)F. The lowest BCUT2D eigenvalue weighted by Gasteiger charge is -2.10. The van der Waals surface area contributed by atoms with Crippen molar-refractivity contribution in [2.24, 2.45) is 0 Å². The van der Waals surface area contributed by atoms with E-state index in [0.717, 1.165) is 5.56 Å². The molecular weight excluding hydrogens is 319 g/mol. The van der Waals surface area contributed by atoms with Gasteiger partial charge in [0.2, 0.25) is 0 Å². The Labute approximate surface area is 130 Å². The minimum atomic E-state index is -5.08. The molecular formula is C14H16F3NO5. The van der Waals surface area contributed by atoms with Gasteiger partial charge in [0.25, 0.3) is 5.91 Å². The number of hydrogen-bond acceptors (Lipinski definition) is 4. The summed E-state index contributed by atoms with van der Waals surface area (Å²) in [6.07, 6.45) is -4.89. The molecule has 0 radical (unpaired) electrons. The van der Waals surface area contributed by atoms with Crippen molar-refractivity contribution in [3.63, 3.8) is 0 Å². The van der Waals surface area contributed by atoms with Crippen molar-refractivity contribution in [1.29, 1.82) is 0 Å². The molecule has 0 saturated heterocycles. The van der Waals surface area contributed by atoms with Crippen molar-refractivity contribution in [2.45, 2.75) is 12.6 Å². The Balaban J connectivity index is 0.000000585. The highest BCUT2D eigenvalue weighted by Gasteiger charge is 2.38. The van der Waals surface area contributed by atoms with E-state index in [9.17, 15) is 22.8 Å². The van der Waals surface area contributed by atoms with Crippen LogP contribution in [0.1, 0.15) is 5.56 Å². The number of hydrogen-bond donors (Lipinski definition) is 1. The van der Waals surface area contributed by atoms with Gasteiger partial charge in [-0.05, 0) is 5.56 Å². The molecule has 0 saturated carbocycles. The first-order chi connectivity index (χ1) is 10.5. The molecule has 0 aromatic heterocycles. The van der Waals surface area contributed by atoms with Crippen LogP contribution < -0.4 is 0 Å². The van der Waals surface area contributed by atoms with E-state index in [2.05, 4.69) is 0 Å². The van der Waals surface area contributed by atoms with Crippen molar-refractivity contribution in [3.8, 4) is 0 Å². The monoisotopic (exact) mass is 335 g/mol. The third-order valence-corrected chi connectivity index (χ3v) is 2.29. The van der Waals surface area contributed by atoms with Gasteiger partial charge in [-0.25, -0.2) is 4.79 Å². The number of ether oxygens (including phenoxy) is 1. The standard InChI is InChI=1S/C12H15NO3.C2HF3O2/c1-13(2)11(14)9-16-12(15)8-10-6-4-3-5-7-10;3-2(4,5)1(6)7/h3-7H,8-9H2,1-2H3;(H,6,7). The lowest BCUT2D eigenvalue weighted by atomic mass is 10.2. The molecule has 0 fully saturated rings. The number of likely N-dealkylation sites (N-methyl/N-ethyl adjacent to an activating group) is 1. The van der Waals surface area contributed by atoms with Gasteiger partial charge < -0.3 is 14.7 Å². The lowest BCUT2D eigenvalue weighted by Crippen LogP contribution is -2.27. The molecule has 0 unspecified atom stereocenters. The highest BCUT2D eigenvalue weighted by molar-refractivity contribution is 5.80. The van der Waals surface area contributed by atoms with Gasteiger partial charge in [-0.15, -0.1) is 0 Å². The second-order valence-electron chi connectivity index (χ2n) is 4.41. The quantitative estimate of drug-likeness (QED) is 0.843. The number of nitrogens with zero attached hydrogens (tertiary/aromatic N) is 1. The summed E-state index contributed by atoms with van der Waals surface area (Å²) in [5.41, 5.74) is 0.879. The Bertz CT molecular complexity index is 529. The Hall–Kier alpha value is -2.58. The van der Waals surface area contributed by atoms with E-state index in [1.54, 1.807) is 14.1 Å². The average molecular weight is 335 g/mol. The fourth-order valence-electron chi connectivity index (χ4n) is 1.08. The van der Waals surface area contributed by atoms with Gasteiger partial charge in [-0.2, -0.15) is 13.2 Å². The van der Waals surface area contributed by atoms with Gasteiger partial charge in [0.1, 0.15) is 0 Å². The van der Waals surface area contributed by atoms with Crippen molar-refractivity contribution in [1.82, 2.24) is 4.90 Å². The van der Waals surface area contributed by atoms with Crippen LogP contribution in [-0.4, -0.2) is 54.7 Å². The van der Waals surface area contributed by atoms with E-state index in [1.807, 2.05) is 30.3 Å². The van der Waals surface area contributed by atoms with Gasteiger partial charge in [0.15, 0.2) is 6.61 Å². The summed E-state index contributed by atoms with van der Waals surface area (Å²) in [6, 6.07) is 9.27. The van der Waals surface area contributed by atoms with E-state index in [0.29, 0.717) is 0 Å². The first kappa shape index (κ1) is 20.4. The molecule has 6 nitrogen and oxygen atoms in total. The molecule has 0 heterocycles. The fourth-order valence-corrected chi connectivity index (χ4v) is 1.08. The molecule has 128 valence electrons. The van der Waals surface area contributed by atoms with Gasteiger partial charge in [0, 0.05) is 14.1 Å². The molecule has 0 aliphatic rings. The normalized spacial score (nSPS) is 10.1. The number of amides is 1. The summed E-state index contributed by atoms with van der Waals surface area (Å²) in [5.74, 6) is -3.37. The zero-order chi connectivity index (χ0) is 18.0. The van der Waals surface area contributed by atoms with Crippen molar-refractivity contribution >= 4 is 17.8 Å². The van der Waals surface area contributed by atoms with E-state index < -0.39 is 12.1 Å². The third-order valence-electron chi connectivity index (χ3n) is 2.29. The van der Waals surface area contributed by atoms with Crippen molar-refractivity contribution in [2.75, 3.05) is 20.7 Å². The van der Waals surface area contributed by atoms with Crippen molar-refractivity contribution in [3.05, 3.63) is 35.9 Å². The number of aliphatic carboxylic acids is 1. The molecule has 1 aromatic rings. The number of halogens is 3. The number of carbonyl (C=O) groups is 3. The molecule has 0 bridgehead atoms. The molecule has 1 amide bonds. The Morgan fingerprint density at radius 1 is 1.13 bits per heavy atom. The molecule has 0 aliphatic heterocycles. The van der Waals surface area contributed by atoms with E-state index in [-0.39, 0.29) is 24.9 Å². The maximum absolute atomic E-state index is 11.3. The number of carboxylic acids is 1. The smallest absolute Gasteiger partial charge is 0.475 e. The molecule has 0 atom stereocenters. The second kappa shape index (κ2) is 9.44. The average Bonchev–Trinajstić information content (AvgIpc) is 2.45. The largest absolute Gasteiger partial charge is 0.490 e. The fraction of sp³-hybridized carbons (Fsp3) is 0.357. The van der Waals surface area contributed by atoms with Crippen LogP contribution in [-0.2, 0) is 25.5 Å². The zero-order valence-corrected chi connectivity index (χ0v) is 12.5. The van der Waals surface area contributed by atoms with Crippen molar-refractivity contribution < 1.29 is 37.4 Å². The van der Waals surface area contributed by atoms with Crippen LogP contribution in [0.15, 0.2) is 30.3 Å². The van der Waals surface area contributed by atoms with Crippen LogP contribution in [0.25, 0.3) is 0 Å². The maximum atomic E-state index is 11.3. The van der Waals surface area contributed by atoms with Crippen LogP contribution in [0.5, 0.6) is 0 Å². The van der Waals surface area contributed by atoms with Gasteiger partial charge in [0.05, 0.1) is 6.42 Å². The first-order valence-electron chi connectivity index (χ1n) is 6.24. The molecule has 0 aliphatic carbocycles. The minimum absolute atomic E-state index is 0.196. The summed E-state index contributed by atoms with van der Waals surface area (Å²) in [4.78, 5) is 32.8. The highest BCUT2D eigenvalue weighted by atomic mass is 19.4. The summed E-state index contributed by atoms with van der Waals surface area (Å²) >= 11 is 0. The number of rotatable bonds is 4. The number of esters is 1.